The van der Waals surface area contributed by atoms with Gasteiger partial charge in [0.2, 0.25) is 17.7 Å². The van der Waals surface area contributed by atoms with Crippen LogP contribution < -0.4 is 15.0 Å². The van der Waals surface area contributed by atoms with E-state index < -0.39 is 17.1 Å². The van der Waals surface area contributed by atoms with E-state index in [9.17, 15) is 19.2 Å². The first-order valence-corrected chi connectivity index (χ1v) is 10.3. The van der Waals surface area contributed by atoms with Crippen molar-refractivity contribution in [2.45, 2.75) is 23.5 Å². The molecule has 1 aliphatic heterocycles. The van der Waals surface area contributed by atoms with Gasteiger partial charge in [-0.1, -0.05) is 0 Å². The monoisotopic (exact) mass is 440 g/mol. The minimum absolute atomic E-state index is 0.0924. The molecule has 1 fully saturated rings. The van der Waals surface area contributed by atoms with Crippen molar-refractivity contribution in [2.24, 2.45) is 0 Å². The van der Waals surface area contributed by atoms with Gasteiger partial charge in [0.05, 0.1) is 17.5 Å². The van der Waals surface area contributed by atoms with Gasteiger partial charge >= 0.3 is 5.97 Å². The van der Waals surface area contributed by atoms with Crippen LogP contribution in [0.1, 0.15) is 13.3 Å². The number of anilines is 2. The zero-order chi connectivity index (χ0) is 22.4. The average Bonchev–Trinajstić information content (AvgIpc) is 3.02. The number of rotatable bonds is 8. The summed E-state index contributed by atoms with van der Waals surface area (Å²) in [6.07, 6.45) is 1.76. The standard InChI is InChI=1S/C22H20N2O6S/c1-2-30-16-7-5-15(6-8-16)24-20(26)13-18(22(24)29)31-17-9-3-14(4-10-17)23-19(25)11-12-21(27)28/h3-12,18H,2,13H2,1H3,(H,23,25)(H,27,28)/b12-11+/t18-/m0/s1. The summed E-state index contributed by atoms with van der Waals surface area (Å²) in [5, 5.41) is 10.5. The number of ether oxygens (including phenoxy) is 1. The summed E-state index contributed by atoms with van der Waals surface area (Å²) < 4.78 is 5.39. The van der Waals surface area contributed by atoms with E-state index in [4.69, 9.17) is 9.84 Å². The highest BCUT2D eigenvalue weighted by atomic mass is 32.2. The molecule has 0 saturated carbocycles. The van der Waals surface area contributed by atoms with E-state index in [1.807, 2.05) is 6.92 Å². The molecule has 3 amide bonds. The van der Waals surface area contributed by atoms with Gasteiger partial charge < -0.3 is 15.2 Å². The first-order chi connectivity index (χ1) is 14.9. The number of nitrogens with zero attached hydrogens (tertiary/aromatic N) is 1. The Hall–Kier alpha value is -3.59. The molecule has 2 aromatic rings. The summed E-state index contributed by atoms with van der Waals surface area (Å²) >= 11 is 1.27. The van der Waals surface area contributed by atoms with Crippen LogP contribution in [0.5, 0.6) is 5.75 Å². The zero-order valence-electron chi connectivity index (χ0n) is 16.6. The van der Waals surface area contributed by atoms with E-state index in [-0.39, 0.29) is 18.2 Å². The van der Waals surface area contributed by atoms with Gasteiger partial charge in [0.15, 0.2) is 0 Å². The number of hydrogen-bond donors (Lipinski definition) is 2. The van der Waals surface area contributed by atoms with Gasteiger partial charge in [0.1, 0.15) is 5.75 Å². The Morgan fingerprint density at radius 3 is 2.42 bits per heavy atom. The Balaban J connectivity index is 1.62. The molecule has 0 aromatic heterocycles. The summed E-state index contributed by atoms with van der Waals surface area (Å²) in [5.74, 6) is -1.65. The molecule has 2 aromatic carbocycles. The van der Waals surface area contributed by atoms with Crippen molar-refractivity contribution < 1.29 is 29.0 Å². The first-order valence-electron chi connectivity index (χ1n) is 9.45. The number of carboxylic acid groups (broad SMARTS) is 1. The molecule has 8 nitrogen and oxygen atoms in total. The van der Waals surface area contributed by atoms with Crippen molar-refractivity contribution in [2.75, 3.05) is 16.8 Å². The molecule has 1 atom stereocenters. The maximum Gasteiger partial charge on any atom is 0.328 e. The highest BCUT2D eigenvalue weighted by Crippen LogP contribution is 2.34. The smallest absolute Gasteiger partial charge is 0.328 e. The number of benzene rings is 2. The van der Waals surface area contributed by atoms with Gasteiger partial charge in [0, 0.05) is 29.2 Å². The number of carboxylic acids is 1. The minimum atomic E-state index is -1.21. The Labute approximate surface area is 182 Å². The Kier molecular flexibility index (Phi) is 7.09. The van der Waals surface area contributed by atoms with Gasteiger partial charge in [0.25, 0.3) is 0 Å². The molecule has 1 heterocycles. The van der Waals surface area contributed by atoms with Crippen molar-refractivity contribution in [3.63, 3.8) is 0 Å². The molecule has 0 bridgehead atoms. The lowest BCUT2D eigenvalue weighted by Crippen LogP contribution is -2.31. The van der Waals surface area contributed by atoms with Gasteiger partial charge in [-0.2, -0.15) is 0 Å². The van der Waals surface area contributed by atoms with Crippen LogP contribution in [0.3, 0.4) is 0 Å². The fraction of sp³-hybridized carbons (Fsp3) is 0.182. The number of carbonyl (C=O) groups excluding carboxylic acids is 3. The molecular formula is C22H20N2O6S. The molecule has 0 aliphatic carbocycles. The highest BCUT2D eigenvalue weighted by Gasteiger charge is 2.40. The summed E-state index contributed by atoms with van der Waals surface area (Å²) in [4.78, 5) is 49.3. The molecule has 1 aliphatic rings. The Bertz CT molecular complexity index is 1020. The molecule has 0 spiro atoms. The summed E-state index contributed by atoms with van der Waals surface area (Å²) in [5.41, 5.74) is 0.989. The van der Waals surface area contributed by atoms with Crippen LogP contribution in [0.15, 0.2) is 65.6 Å². The number of nitrogens with one attached hydrogen (secondary N) is 1. The number of imide groups is 1. The van der Waals surface area contributed by atoms with E-state index in [1.54, 1.807) is 48.5 Å². The Morgan fingerprint density at radius 2 is 1.81 bits per heavy atom. The third-order valence-electron chi connectivity index (χ3n) is 4.29. The van der Waals surface area contributed by atoms with Crippen molar-refractivity contribution in [1.29, 1.82) is 0 Å². The Morgan fingerprint density at radius 1 is 1.13 bits per heavy atom. The zero-order valence-corrected chi connectivity index (χ0v) is 17.4. The third-order valence-corrected chi connectivity index (χ3v) is 5.49. The number of amides is 3. The number of hydrogen-bond acceptors (Lipinski definition) is 6. The van der Waals surface area contributed by atoms with Crippen LogP contribution in [-0.4, -0.2) is 40.7 Å². The average molecular weight is 440 g/mol. The quantitative estimate of drug-likeness (QED) is 0.479. The van der Waals surface area contributed by atoms with Crippen molar-refractivity contribution in [3.8, 4) is 5.75 Å². The van der Waals surface area contributed by atoms with Crippen LogP contribution in [0, 0.1) is 0 Å². The third kappa shape index (κ3) is 5.73. The van der Waals surface area contributed by atoms with E-state index in [0.717, 1.165) is 17.0 Å². The molecule has 0 unspecified atom stereocenters. The normalized spacial score (nSPS) is 16.0. The minimum Gasteiger partial charge on any atom is -0.494 e. The van der Waals surface area contributed by atoms with E-state index in [2.05, 4.69) is 5.32 Å². The second-order valence-corrected chi connectivity index (χ2v) is 7.77. The molecule has 0 radical (unpaired) electrons. The summed E-state index contributed by atoms with van der Waals surface area (Å²) in [6.45, 7) is 2.40. The predicted molar refractivity (Wildman–Crippen MR) is 116 cm³/mol. The van der Waals surface area contributed by atoms with Gasteiger partial charge in [-0.15, -0.1) is 11.8 Å². The van der Waals surface area contributed by atoms with Crippen molar-refractivity contribution >= 4 is 46.8 Å². The fourth-order valence-electron chi connectivity index (χ4n) is 2.94. The molecule has 31 heavy (non-hydrogen) atoms. The van der Waals surface area contributed by atoms with Gasteiger partial charge in [-0.3, -0.25) is 14.4 Å². The molecule has 9 heteroatoms. The number of aliphatic carboxylic acids is 1. The SMILES string of the molecule is CCOc1ccc(N2C(=O)C[C@H](Sc3ccc(NC(=O)/C=C/C(=O)O)cc3)C2=O)cc1. The second-order valence-electron chi connectivity index (χ2n) is 6.49. The number of carbonyl (C=O) groups is 4. The van der Waals surface area contributed by atoms with Crippen LogP contribution in [0.2, 0.25) is 0 Å². The molecular weight excluding hydrogens is 420 g/mol. The van der Waals surface area contributed by atoms with Crippen molar-refractivity contribution in [3.05, 3.63) is 60.7 Å². The van der Waals surface area contributed by atoms with Crippen LogP contribution >= 0.6 is 11.8 Å². The molecule has 3 rings (SSSR count). The van der Waals surface area contributed by atoms with Crippen LogP contribution in [0.4, 0.5) is 11.4 Å². The number of thioether (sulfide) groups is 1. The van der Waals surface area contributed by atoms with Gasteiger partial charge in [-0.25, -0.2) is 9.69 Å². The summed E-state index contributed by atoms with van der Waals surface area (Å²) in [6, 6.07) is 13.5. The van der Waals surface area contributed by atoms with Crippen molar-refractivity contribution in [1.82, 2.24) is 0 Å². The largest absolute Gasteiger partial charge is 0.494 e. The lowest BCUT2D eigenvalue weighted by molar-refractivity contribution is -0.131. The van der Waals surface area contributed by atoms with E-state index in [1.165, 1.54) is 16.7 Å². The maximum atomic E-state index is 12.8. The van der Waals surface area contributed by atoms with Gasteiger partial charge in [-0.05, 0) is 55.5 Å². The second kappa shape index (κ2) is 9.94. The predicted octanol–water partition coefficient (Wildman–Crippen LogP) is 3.09. The topological polar surface area (TPSA) is 113 Å². The fourth-order valence-corrected chi connectivity index (χ4v) is 3.99. The lowest BCUT2D eigenvalue weighted by atomic mass is 10.3. The van der Waals surface area contributed by atoms with E-state index >= 15 is 0 Å². The molecule has 160 valence electrons. The summed E-state index contributed by atoms with van der Waals surface area (Å²) in [7, 11) is 0. The van der Waals surface area contributed by atoms with Crippen LogP contribution in [-0.2, 0) is 19.2 Å². The molecule has 1 saturated heterocycles. The van der Waals surface area contributed by atoms with Crippen LogP contribution in [0.25, 0.3) is 0 Å². The maximum absolute atomic E-state index is 12.8. The molecule has 2 N–H and O–H groups in total. The lowest BCUT2D eigenvalue weighted by Gasteiger charge is -2.15. The first kappa shape index (κ1) is 22.1. The van der Waals surface area contributed by atoms with E-state index in [0.29, 0.717) is 23.7 Å². The highest BCUT2D eigenvalue weighted by molar-refractivity contribution is 8.00.